The molecule has 8 heteroatoms. The average Bonchev–Trinajstić information content (AvgIpc) is 3.25. The zero-order chi connectivity index (χ0) is 27.6. The minimum Gasteiger partial charge on any atom is -0.340 e. The maximum atomic E-state index is 14.1. The number of pyridine rings is 1. The Bertz CT molecular complexity index is 2010. The highest BCUT2D eigenvalue weighted by atomic mass is 32.3. The molecule has 1 aliphatic rings. The number of terminal acetylenes is 1. The van der Waals surface area contributed by atoms with Crippen LogP contribution in [0.25, 0.3) is 44.0 Å². The van der Waals surface area contributed by atoms with Gasteiger partial charge in [-0.1, -0.05) is 38.0 Å². The van der Waals surface area contributed by atoms with Crippen molar-refractivity contribution >= 4 is 43.1 Å². The molecule has 0 amide bonds. The van der Waals surface area contributed by atoms with E-state index in [1.165, 1.54) is 12.1 Å². The first-order valence-electron chi connectivity index (χ1n) is 12.9. The lowest BCUT2D eigenvalue weighted by Crippen LogP contribution is -2.45. The van der Waals surface area contributed by atoms with Crippen molar-refractivity contribution in [2.24, 2.45) is 5.92 Å². The van der Waals surface area contributed by atoms with Crippen LogP contribution in [0.2, 0.25) is 0 Å². The van der Waals surface area contributed by atoms with E-state index < -0.39 is 10.2 Å². The van der Waals surface area contributed by atoms with Crippen molar-refractivity contribution in [3.63, 3.8) is 0 Å². The number of hydrogen-bond donors (Lipinski definition) is 1. The van der Waals surface area contributed by atoms with E-state index in [0.717, 1.165) is 51.8 Å². The normalized spacial score (nSPS) is 14.9. The lowest BCUT2D eigenvalue weighted by molar-refractivity contribution is 0.146. The van der Waals surface area contributed by atoms with Gasteiger partial charge in [0.2, 0.25) is 0 Å². The Morgan fingerprint density at radius 3 is 2.54 bits per heavy atom. The Morgan fingerprint density at radius 2 is 1.87 bits per heavy atom. The summed E-state index contributed by atoms with van der Waals surface area (Å²) in [6, 6.07) is 15.6. The van der Waals surface area contributed by atoms with Gasteiger partial charge in [-0.05, 0) is 72.5 Å². The number of aromatic nitrogens is 2. The molecule has 198 valence electrons. The minimum absolute atomic E-state index is 0.0692. The molecule has 3 aromatic carbocycles. The summed E-state index contributed by atoms with van der Waals surface area (Å²) in [6.07, 6.45) is 6.31. The van der Waals surface area contributed by atoms with Gasteiger partial charge >= 0.3 is 10.2 Å². The number of likely N-dealkylation sites (N-methyl/N-ethyl adjacent to an activating group) is 1. The molecule has 1 fully saturated rings. The first kappa shape index (κ1) is 25.4. The number of hydrogen-bond acceptors (Lipinski definition) is 4. The highest BCUT2D eigenvalue weighted by molar-refractivity contribution is 7.86. The number of nitrogens with one attached hydrogen (secondary N) is 1. The third kappa shape index (κ3) is 4.22. The van der Waals surface area contributed by atoms with Crippen LogP contribution in [0.3, 0.4) is 0 Å². The van der Waals surface area contributed by atoms with Gasteiger partial charge in [-0.3, -0.25) is 4.79 Å². The van der Waals surface area contributed by atoms with Crippen LogP contribution in [-0.4, -0.2) is 43.0 Å². The summed E-state index contributed by atoms with van der Waals surface area (Å²) < 4.78 is 39.5. The maximum Gasteiger partial charge on any atom is 0.332 e. The van der Waals surface area contributed by atoms with E-state index in [1.54, 1.807) is 12.1 Å². The molecule has 6 rings (SSSR count). The Balaban J connectivity index is 1.74. The molecule has 3 heterocycles. The van der Waals surface area contributed by atoms with Crippen molar-refractivity contribution in [1.82, 2.24) is 14.5 Å². The Morgan fingerprint density at radius 1 is 1.10 bits per heavy atom. The summed E-state index contributed by atoms with van der Waals surface area (Å²) in [6.45, 7) is 5.81. The predicted molar refractivity (Wildman–Crippen MR) is 154 cm³/mol. The fourth-order valence-corrected chi connectivity index (χ4v) is 6.36. The van der Waals surface area contributed by atoms with Gasteiger partial charge in [0.15, 0.2) is 5.43 Å². The second-order valence-corrected chi connectivity index (χ2v) is 12.3. The molecular formula is C31H28FN3O3S. The fraction of sp³-hybridized carbons (Fsp3) is 0.258. The number of aromatic amines is 1. The number of rotatable bonds is 5. The van der Waals surface area contributed by atoms with Crippen molar-refractivity contribution in [3.05, 3.63) is 75.9 Å². The number of likely N-dealkylation sites (tertiary alicyclic amines) is 1. The molecule has 0 saturated carbocycles. The zero-order valence-electron chi connectivity index (χ0n) is 22.0. The van der Waals surface area contributed by atoms with E-state index in [1.807, 2.05) is 30.3 Å². The zero-order valence-corrected chi connectivity index (χ0v) is 22.8. The monoisotopic (exact) mass is 541 g/mol. The van der Waals surface area contributed by atoms with Gasteiger partial charge in [0.25, 0.3) is 0 Å². The molecule has 1 saturated heterocycles. The molecule has 0 radical (unpaired) electrons. The standard InChI is InChI=1S/C31H28FN3O3S/c1-5-19-9-10-24-27(12-19)33-31-29(24)30(36)26-14-21(11-18(2)3)25(15-28(26)35(31)22-16-34(4)17-22)20-7-6-8-23(13-20)39(32,37)38/h1,6-10,12-15,18,22,33H,11,16-17H2,2-4H3. The predicted octanol–water partition coefficient (Wildman–Crippen LogP) is 5.63. The molecule has 6 nitrogen and oxygen atoms in total. The summed E-state index contributed by atoms with van der Waals surface area (Å²) in [4.78, 5) is 19.4. The van der Waals surface area contributed by atoms with Crippen molar-refractivity contribution in [1.29, 1.82) is 0 Å². The van der Waals surface area contributed by atoms with Crippen LogP contribution in [0.4, 0.5) is 3.89 Å². The van der Waals surface area contributed by atoms with Crippen molar-refractivity contribution in [3.8, 4) is 23.5 Å². The van der Waals surface area contributed by atoms with Gasteiger partial charge in [0.05, 0.1) is 21.8 Å². The first-order chi connectivity index (χ1) is 18.5. The van der Waals surface area contributed by atoms with Crippen molar-refractivity contribution < 1.29 is 12.3 Å². The van der Waals surface area contributed by atoms with Crippen LogP contribution < -0.4 is 5.43 Å². The largest absolute Gasteiger partial charge is 0.340 e. The van der Waals surface area contributed by atoms with Gasteiger partial charge in [-0.25, -0.2) is 0 Å². The number of fused-ring (bicyclic) bond motifs is 4. The van der Waals surface area contributed by atoms with Crippen molar-refractivity contribution in [2.75, 3.05) is 20.1 Å². The van der Waals surface area contributed by atoms with Crippen LogP contribution in [-0.2, 0) is 16.6 Å². The Labute approximate surface area is 226 Å². The highest BCUT2D eigenvalue weighted by Gasteiger charge is 2.29. The molecule has 0 bridgehead atoms. The van der Waals surface area contributed by atoms with Crippen molar-refractivity contribution in [2.45, 2.75) is 31.2 Å². The van der Waals surface area contributed by atoms with Gasteiger partial charge in [0, 0.05) is 34.9 Å². The summed E-state index contributed by atoms with van der Waals surface area (Å²) in [7, 11) is -2.82. The molecule has 39 heavy (non-hydrogen) atoms. The lowest BCUT2D eigenvalue weighted by atomic mass is 9.91. The molecule has 2 aromatic heterocycles. The summed E-state index contributed by atoms with van der Waals surface area (Å²) in [5.41, 5.74) is 5.24. The molecular weight excluding hydrogens is 513 g/mol. The topological polar surface area (TPSA) is 75.2 Å². The van der Waals surface area contributed by atoms with Crippen LogP contribution in [0, 0.1) is 18.3 Å². The highest BCUT2D eigenvalue weighted by Crippen LogP contribution is 2.36. The third-order valence-electron chi connectivity index (χ3n) is 7.60. The molecule has 0 unspecified atom stereocenters. The molecule has 5 aromatic rings. The molecule has 1 aliphatic heterocycles. The number of nitrogens with zero attached hydrogens (tertiary/aromatic N) is 2. The van der Waals surface area contributed by atoms with E-state index >= 15 is 0 Å². The number of halogens is 1. The maximum absolute atomic E-state index is 14.1. The van der Waals surface area contributed by atoms with Gasteiger partial charge in [-0.15, -0.1) is 10.3 Å². The molecule has 0 spiro atoms. The lowest BCUT2D eigenvalue weighted by Gasteiger charge is -2.39. The van der Waals surface area contributed by atoms with E-state index in [9.17, 15) is 17.1 Å². The smallest absolute Gasteiger partial charge is 0.332 e. The quantitative estimate of drug-likeness (QED) is 0.231. The van der Waals surface area contributed by atoms with Gasteiger partial charge in [0.1, 0.15) is 5.65 Å². The number of H-pyrrole nitrogens is 1. The number of benzene rings is 3. The average molecular weight is 542 g/mol. The van der Waals surface area contributed by atoms with Crippen LogP contribution in [0.5, 0.6) is 0 Å². The van der Waals surface area contributed by atoms with Gasteiger partial charge in [-0.2, -0.15) is 8.42 Å². The Kier molecular flexibility index (Phi) is 5.90. The van der Waals surface area contributed by atoms with E-state index in [2.05, 4.69) is 41.3 Å². The van der Waals surface area contributed by atoms with Crippen LogP contribution >= 0.6 is 0 Å². The summed E-state index contributed by atoms with van der Waals surface area (Å²) in [5.74, 6) is 2.94. The summed E-state index contributed by atoms with van der Waals surface area (Å²) in [5, 5.41) is 2.06. The van der Waals surface area contributed by atoms with Crippen LogP contribution in [0.1, 0.15) is 31.0 Å². The third-order valence-corrected chi connectivity index (χ3v) is 8.42. The fourth-order valence-electron chi connectivity index (χ4n) is 5.85. The second-order valence-electron chi connectivity index (χ2n) is 10.9. The first-order valence-corrected chi connectivity index (χ1v) is 14.3. The molecule has 0 aliphatic carbocycles. The van der Waals surface area contributed by atoms with Gasteiger partial charge < -0.3 is 14.5 Å². The van der Waals surface area contributed by atoms with E-state index in [-0.39, 0.29) is 22.3 Å². The van der Waals surface area contributed by atoms with Crippen LogP contribution in [0.15, 0.2) is 64.3 Å². The Hall–Kier alpha value is -3.93. The molecule has 0 atom stereocenters. The minimum atomic E-state index is -4.87. The molecule has 1 N–H and O–H groups in total. The van der Waals surface area contributed by atoms with E-state index in [0.29, 0.717) is 22.8 Å². The van der Waals surface area contributed by atoms with E-state index in [4.69, 9.17) is 6.42 Å². The SMILES string of the molecule is C#Cc1ccc2c(c1)[nH]c1c2c(=O)c2cc(CC(C)C)c(-c3cccc(S(=O)(=O)F)c3)cc2n1C1CN(C)C1. The summed E-state index contributed by atoms with van der Waals surface area (Å²) >= 11 is 0. The second kappa shape index (κ2) is 9.08.